The molecule has 0 spiro atoms. The summed E-state index contributed by atoms with van der Waals surface area (Å²) in [6, 6.07) is 6.59. The molecule has 2 N–H and O–H groups in total. The van der Waals surface area contributed by atoms with Gasteiger partial charge in [-0.15, -0.1) is 0 Å². The van der Waals surface area contributed by atoms with Crippen molar-refractivity contribution in [1.82, 2.24) is 4.90 Å². The second-order valence-corrected chi connectivity index (χ2v) is 3.20. The first-order valence-corrected chi connectivity index (χ1v) is 4.39. The van der Waals surface area contributed by atoms with Gasteiger partial charge in [-0.2, -0.15) is 0 Å². The van der Waals surface area contributed by atoms with Crippen molar-refractivity contribution in [2.45, 2.75) is 6.42 Å². The molecule has 2 rings (SSSR count). The highest BCUT2D eigenvalue weighted by atomic mass is 16.2. The number of carbonyl (C=O) groups excluding carboxylic acids is 2. The molecule has 4 heteroatoms. The van der Waals surface area contributed by atoms with Crippen molar-refractivity contribution in [3.05, 3.63) is 35.4 Å². The Morgan fingerprint density at radius 2 is 2.07 bits per heavy atom. The van der Waals surface area contributed by atoms with E-state index in [9.17, 15) is 9.59 Å². The number of urea groups is 1. The van der Waals surface area contributed by atoms with Crippen LogP contribution in [-0.4, -0.2) is 23.4 Å². The Morgan fingerprint density at radius 1 is 1.36 bits per heavy atom. The highest BCUT2D eigenvalue weighted by Crippen LogP contribution is 2.17. The van der Waals surface area contributed by atoms with Crippen molar-refractivity contribution in [2.75, 3.05) is 6.54 Å². The Balaban J connectivity index is 2.41. The number of hydrogen-bond donors (Lipinski definition) is 1. The van der Waals surface area contributed by atoms with Crippen LogP contribution < -0.4 is 5.73 Å². The molecule has 0 saturated carbocycles. The zero-order chi connectivity index (χ0) is 10.1. The minimum absolute atomic E-state index is 0.292. The van der Waals surface area contributed by atoms with Gasteiger partial charge in [0.15, 0.2) is 0 Å². The molecule has 1 heterocycles. The van der Waals surface area contributed by atoms with Crippen molar-refractivity contribution >= 4 is 11.9 Å². The monoisotopic (exact) mass is 190 g/mol. The Kier molecular flexibility index (Phi) is 1.96. The molecule has 1 aromatic carbocycles. The molecule has 1 aliphatic rings. The lowest BCUT2D eigenvalue weighted by Gasteiger charge is -2.24. The van der Waals surface area contributed by atoms with Gasteiger partial charge in [0.1, 0.15) is 0 Å². The molecular weight excluding hydrogens is 180 g/mol. The van der Waals surface area contributed by atoms with Crippen LogP contribution >= 0.6 is 0 Å². The number of primary amides is 1. The number of amides is 3. The number of nitrogens with zero attached hydrogens (tertiary/aromatic N) is 1. The summed E-state index contributed by atoms with van der Waals surface area (Å²) in [7, 11) is 0. The molecule has 72 valence electrons. The third-order valence-electron chi connectivity index (χ3n) is 2.36. The van der Waals surface area contributed by atoms with Gasteiger partial charge in [0.05, 0.1) is 0 Å². The van der Waals surface area contributed by atoms with E-state index in [1.807, 2.05) is 12.1 Å². The highest BCUT2D eigenvalue weighted by molar-refractivity contribution is 6.05. The standard InChI is InChI=1S/C10H10N2O2/c11-10(14)12-6-5-7-3-1-2-4-8(7)9(12)13/h1-4H,5-6H2,(H2,11,14). The Labute approximate surface area is 81.3 Å². The Bertz CT molecular complexity index is 401. The number of carbonyl (C=O) groups is 2. The lowest BCUT2D eigenvalue weighted by molar-refractivity contribution is 0.0795. The van der Waals surface area contributed by atoms with Crippen LogP contribution in [0.15, 0.2) is 24.3 Å². The van der Waals surface area contributed by atoms with Crippen LogP contribution in [0.3, 0.4) is 0 Å². The third-order valence-corrected chi connectivity index (χ3v) is 2.36. The summed E-state index contributed by atoms with van der Waals surface area (Å²) < 4.78 is 0. The largest absolute Gasteiger partial charge is 0.351 e. The van der Waals surface area contributed by atoms with Crippen molar-refractivity contribution in [3.8, 4) is 0 Å². The van der Waals surface area contributed by atoms with Crippen LogP contribution in [0, 0.1) is 0 Å². The number of fused-ring (bicyclic) bond motifs is 1. The van der Waals surface area contributed by atoms with Gasteiger partial charge in [0.2, 0.25) is 0 Å². The van der Waals surface area contributed by atoms with E-state index in [2.05, 4.69) is 0 Å². The molecule has 14 heavy (non-hydrogen) atoms. The molecule has 0 saturated heterocycles. The van der Waals surface area contributed by atoms with Gasteiger partial charge < -0.3 is 5.73 Å². The summed E-state index contributed by atoms with van der Waals surface area (Å²) in [6.45, 7) is 0.380. The van der Waals surface area contributed by atoms with E-state index in [4.69, 9.17) is 5.73 Å². The first-order valence-electron chi connectivity index (χ1n) is 4.39. The maximum Gasteiger partial charge on any atom is 0.321 e. The average Bonchev–Trinajstić information content (AvgIpc) is 2.18. The second-order valence-electron chi connectivity index (χ2n) is 3.20. The number of rotatable bonds is 0. The number of imide groups is 1. The predicted molar refractivity (Wildman–Crippen MR) is 50.8 cm³/mol. The van der Waals surface area contributed by atoms with E-state index in [0.29, 0.717) is 18.5 Å². The van der Waals surface area contributed by atoms with Gasteiger partial charge in [-0.25, -0.2) is 4.79 Å². The summed E-state index contributed by atoms with van der Waals surface area (Å²) in [5.74, 6) is -0.292. The van der Waals surface area contributed by atoms with E-state index < -0.39 is 6.03 Å². The normalized spacial score (nSPS) is 15.1. The molecule has 0 unspecified atom stereocenters. The Morgan fingerprint density at radius 3 is 2.79 bits per heavy atom. The lowest BCUT2D eigenvalue weighted by atomic mass is 9.99. The minimum Gasteiger partial charge on any atom is -0.351 e. The van der Waals surface area contributed by atoms with E-state index in [-0.39, 0.29) is 5.91 Å². The quantitative estimate of drug-likeness (QED) is 0.656. The van der Waals surface area contributed by atoms with Crippen LogP contribution in [0.25, 0.3) is 0 Å². The molecule has 0 aliphatic carbocycles. The first-order chi connectivity index (χ1) is 6.70. The summed E-state index contributed by atoms with van der Waals surface area (Å²) in [5, 5.41) is 0. The van der Waals surface area contributed by atoms with Crippen molar-refractivity contribution in [1.29, 1.82) is 0 Å². The van der Waals surface area contributed by atoms with Gasteiger partial charge >= 0.3 is 6.03 Å². The van der Waals surface area contributed by atoms with Crippen molar-refractivity contribution in [2.24, 2.45) is 5.73 Å². The van der Waals surface area contributed by atoms with Crippen LogP contribution in [0.4, 0.5) is 4.79 Å². The Hall–Kier alpha value is -1.84. The van der Waals surface area contributed by atoms with Crippen LogP contribution in [0.1, 0.15) is 15.9 Å². The molecule has 0 aromatic heterocycles. The van der Waals surface area contributed by atoms with Crippen molar-refractivity contribution in [3.63, 3.8) is 0 Å². The van der Waals surface area contributed by atoms with Gasteiger partial charge in [-0.05, 0) is 18.1 Å². The smallest absolute Gasteiger partial charge is 0.321 e. The zero-order valence-electron chi connectivity index (χ0n) is 7.56. The maximum absolute atomic E-state index is 11.7. The summed E-state index contributed by atoms with van der Waals surface area (Å²) in [5.41, 5.74) is 6.64. The topological polar surface area (TPSA) is 63.4 Å². The summed E-state index contributed by atoms with van der Waals surface area (Å²) >= 11 is 0. The van der Waals surface area contributed by atoms with E-state index in [1.54, 1.807) is 12.1 Å². The summed E-state index contributed by atoms with van der Waals surface area (Å²) in [6.07, 6.45) is 0.685. The van der Waals surface area contributed by atoms with Crippen LogP contribution in [0.2, 0.25) is 0 Å². The maximum atomic E-state index is 11.7. The molecule has 1 aromatic rings. The molecule has 0 bridgehead atoms. The van der Waals surface area contributed by atoms with Crippen LogP contribution in [0.5, 0.6) is 0 Å². The first kappa shape index (κ1) is 8.74. The van der Waals surface area contributed by atoms with Gasteiger partial charge in [-0.3, -0.25) is 9.69 Å². The average molecular weight is 190 g/mol. The van der Waals surface area contributed by atoms with Crippen LogP contribution in [-0.2, 0) is 6.42 Å². The SMILES string of the molecule is NC(=O)N1CCc2ccccc2C1=O. The van der Waals surface area contributed by atoms with E-state index >= 15 is 0 Å². The van der Waals surface area contributed by atoms with Crippen molar-refractivity contribution < 1.29 is 9.59 Å². The number of hydrogen-bond acceptors (Lipinski definition) is 2. The van der Waals surface area contributed by atoms with E-state index in [0.717, 1.165) is 10.5 Å². The number of nitrogens with two attached hydrogens (primary N) is 1. The summed E-state index contributed by atoms with van der Waals surface area (Å²) in [4.78, 5) is 23.7. The molecule has 0 radical (unpaired) electrons. The fourth-order valence-electron chi connectivity index (χ4n) is 1.64. The minimum atomic E-state index is -0.676. The molecule has 1 aliphatic heterocycles. The number of benzene rings is 1. The fraction of sp³-hybridized carbons (Fsp3) is 0.200. The molecule has 4 nitrogen and oxygen atoms in total. The lowest BCUT2D eigenvalue weighted by Crippen LogP contribution is -2.44. The zero-order valence-corrected chi connectivity index (χ0v) is 7.56. The molecule has 0 atom stereocenters. The molecular formula is C10H10N2O2. The van der Waals surface area contributed by atoms with E-state index in [1.165, 1.54) is 0 Å². The molecule has 3 amide bonds. The fourth-order valence-corrected chi connectivity index (χ4v) is 1.64. The predicted octanol–water partition coefficient (Wildman–Crippen LogP) is 0.764. The molecule has 0 fully saturated rings. The van der Waals surface area contributed by atoms with Gasteiger partial charge in [0, 0.05) is 12.1 Å². The third kappa shape index (κ3) is 1.25. The van der Waals surface area contributed by atoms with Gasteiger partial charge in [0.25, 0.3) is 5.91 Å². The van der Waals surface area contributed by atoms with Gasteiger partial charge in [-0.1, -0.05) is 18.2 Å². The highest BCUT2D eigenvalue weighted by Gasteiger charge is 2.26. The second kappa shape index (κ2) is 3.14.